The highest BCUT2D eigenvalue weighted by atomic mass is 14.7. The Kier molecular flexibility index (Phi) is 3.07. The number of aryl methyl sites for hydroxylation is 2. The quantitative estimate of drug-likeness (QED) is 0.802. The molecule has 0 saturated heterocycles. The number of hydrogen-bond acceptors (Lipinski definition) is 1. The predicted molar refractivity (Wildman–Crippen MR) is 69.7 cm³/mol. The number of nitrogens with two attached hydrogens (primary N) is 1. The maximum absolute atomic E-state index is 6.44. The van der Waals surface area contributed by atoms with Gasteiger partial charge in [0.1, 0.15) is 0 Å². The molecule has 1 aromatic rings. The van der Waals surface area contributed by atoms with Crippen LogP contribution in [0.1, 0.15) is 53.1 Å². The minimum Gasteiger partial charge on any atom is -0.324 e. The third-order valence-corrected chi connectivity index (χ3v) is 4.42. The Balaban J connectivity index is 2.45. The predicted octanol–water partition coefficient (Wildman–Crippen LogP) is 3.72. The second-order valence-electron chi connectivity index (χ2n) is 5.39. The molecule has 1 heteroatoms. The third kappa shape index (κ3) is 1.78. The van der Waals surface area contributed by atoms with Gasteiger partial charge in [-0.15, -0.1) is 0 Å². The lowest BCUT2D eigenvalue weighted by Gasteiger charge is -2.34. The Morgan fingerprint density at radius 3 is 1.94 bits per heavy atom. The molecule has 1 fully saturated rings. The van der Waals surface area contributed by atoms with Gasteiger partial charge in [0.2, 0.25) is 0 Å². The van der Waals surface area contributed by atoms with Crippen molar-refractivity contribution in [2.45, 2.75) is 53.0 Å². The molecule has 1 aromatic carbocycles. The Morgan fingerprint density at radius 1 is 1.06 bits per heavy atom. The fourth-order valence-electron chi connectivity index (χ4n) is 2.78. The molecular formula is C15H23N. The maximum Gasteiger partial charge on any atom is 0.0328 e. The van der Waals surface area contributed by atoms with Gasteiger partial charge < -0.3 is 5.73 Å². The van der Waals surface area contributed by atoms with Gasteiger partial charge in [-0.05, 0) is 74.3 Å². The van der Waals surface area contributed by atoms with E-state index < -0.39 is 0 Å². The fraction of sp³-hybridized carbons (Fsp3) is 0.600. The molecule has 0 radical (unpaired) electrons. The van der Waals surface area contributed by atoms with Crippen LogP contribution in [-0.4, -0.2) is 0 Å². The summed E-state index contributed by atoms with van der Waals surface area (Å²) < 4.78 is 0. The van der Waals surface area contributed by atoms with Crippen LogP contribution in [-0.2, 0) is 0 Å². The SMILES string of the molecule is Cc1cc(C)c(C)c(C(N)C2CCC2)c1C. The van der Waals surface area contributed by atoms with Gasteiger partial charge in [-0.2, -0.15) is 0 Å². The van der Waals surface area contributed by atoms with Crippen molar-refractivity contribution >= 4 is 0 Å². The summed E-state index contributed by atoms with van der Waals surface area (Å²) in [5, 5.41) is 0. The average molecular weight is 217 g/mol. The first-order valence-corrected chi connectivity index (χ1v) is 6.35. The molecular weight excluding hydrogens is 194 g/mol. The van der Waals surface area contributed by atoms with Crippen molar-refractivity contribution in [1.29, 1.82) is 0 Å². The molecule has 1 saturated carbocycles. The van der Waals surface area contributed by atoms with Crippen LogP contribution in [0, 0.1) is 33.6 Å². The van der Waals surface area contributed by atoms with Crippen molar-refractivity contribution in [1.82, 2.24) is 0 Å². The van der Waals surface area contributed by atoms with Crippen LogP contribution in [0.25, 0.3) is 0 Å². The van der Waals surface area contributed by atoms with Gasteiger partial charge in [-0.3, -0.25) is 0 Å². The molecule has 0 bridgehead atoms. The summed E-state index contributed by atoms with van der Waals surface area (Å²) in [5.41, 5.74) is 13.4. The van der Waals surface area contributed by atoms with Gasteiger partial charge in [0.25, 0.3) is 0 Å². The lowest BCUT2D eigenvalue weighted by molar-refractivity contribution is 0.263. The number of benzene rings is 1. The smallest absolute Gasteiger partial charge is 0.0328 e. The van der Waals surface area contributed by atoms with E-state index >= 15 is 0 Å². The Hall–Kier alpha value is -0.820. The number of hydrogen-bond donors (Lipinski definition) is 1. The summed E-state index contributed by atoms with van der Waals surface area (Å²) in [5.74, 6) is 0.721. The second-order valence-corrected chi connectivity index (χ2v) is 5.39. The van der Waals surface area contributed by atoms with Crippen molar-refractivity contribution in [2.75, 3.05) is 0 Å². The summed E-state index contributed by atoms with van der Waals surface area (Å²) in [6, 6.07) is 2.54. The molecule has 16 heavy (non-hydrogen) atoms. The summed E-state index contributed by atoms with van der Waals surface area (Å²) in [6.07, 6.45) is 3.99. The third-order valence-electron chi connectivity index (χ3n) is 4.42. The fourth-order valence-corrected chi connectivity index (χ4v) is 2.78. The van der Waals surface area contributed by atoms with Gasteiger partial charge in [0.05, 0.1) is 0 Å². The van der Waals surface area contributed by atoms with Crippen LogP contribution in [0.5, 0.6) is 0 Å². The van der Waals surface area contributed by atoms with Crippen molar-refractivity contribution in [3.05, 3.63) is 33.9 Å². The molecule has 0 aliphatic heterocycles. The monoisotopic (exact) mass is 217 g/mol. The average Bonchev–Trinajstić information content (AvgIpc) is 2.12. The summed E-state index contributed by atoms with van der Waals surface area (Å²) in [7, 11) is 0. The molecule has 0 amide bonds. The highest BCUT2D eigenvalue weighted by Crippen LogP contribution is 2.39. The van der Waals surface area contributed by atoms with Gasteiger partial charge in [0.15, 0.2) is 0 Å². The lowest BCUT2D eigenvalue weighted by Crippen LogP contribution is -2.28. The van der Waals surface area contributed by atoms with E-state index in [0.717, 1.165) is 5.92 Å². The van der Waals surface area contributed by atoms with E-state index in [1.54, 1.807) is 0 Å². The molecule has 1 aliphatic carbocycles. The first kappa shape index (κ1) is 11.7. The van der Waals surface area contributed by atoms with Crippen molar-refractivity contribution in [2.24, 2.45) is 11.7 Å². The number of rotatable bonds is 2. The van der Waals surface area contributed by atoms with E-state index in [9.17, 15) is 0 Å². The zero-order chi connectivity index (χ0) is 11.9. The minimum atomic E-state index is 0.257. The van der Waals surface area contributed by atoms with Gasteiger partial charge >= 0.3 is 0 Å². The zero-order valence-corrected chi connectivity index (χ0v) is 10.9. The van der Waals surface area contributed by atoms with Crippen molar-refractivity contribution in [3.63, 3.8) is 0 Å². The highest BCUT2D eigenvalue weighted by Gasteiger charge is 2.28. The lowest BCUT2D eigenvalue weighted by atomic mass is 9.75. The largest absolute Gasteiger partial charge is 0.324 e. The molecule has 0 aromatic heterocycles. The van der Waals surface area contributed by atoms with Crippen LogP contribution >= 0.6 is 0 Å². The molecule has 1 aliphatic rings. The normalized spacial score (nSPS) is 18.3. The molecule has 1 unspecified atom stereocenters. The molecule has 2 N–H and O–H groups in total. The Bertz CT molecular complexity index is 376. The van der Waals surface area contributed by atoms with E-state index in [4.69, 9.17) is 5.73 Å². The van der Waals surface area contributed by atoms with Crippen molar-refractivity contribution < 1.29 is 0 Å². The highest BCUT2D eigenvalue weighted by molar-refractivity contribution is 5.45. The topological polar surface area (TPSA) is 26.0 Å². The zero-order valence-electron chi connectivity index (χ0n) is 10.9. The van der Waals surface area contributed by atoms with E-state index in [0.29, 0.717) is 0 Å². The second kappa shape index (κ2) is 4.21. The van der Waals surface area contributed by atoms with E-state index in [2.05, 4.69) is 33.8 Å². The maximum atomic E-state index is 6.44. The summed E-state index contributed by atoms with van der Waals surface area (Å²) in [4.78, 5) is 0. The van der Waals surface area contributed by atoms with Gasteiger partial charge in [-0.1, -0.05) is 12.5 Å². The first-order valence-electron chi connectivity index (χ1n) is 6.35. The van der Waals surface area contributed by atoms with Crippen LogP contribution in [0.3, 0.4) is 0 Å². The van der Waals surface area contributed by atoms with E-state index in [1.165, 1.54) is 47.1 Å². The summed E-state index contributed by atoms with van der Waals surface area (Å²) >= 11 is 0. The standard InChI is InChI=1S/C15H23N/c1-9-8-10(2)12(4)14(11(9)3)15(16)13-6-5-7-13/h8,13,15H,5-7,16H2,1-4H3. The van der Waals surface area contributed by atoms with Crippen LogP contribution in [0.2, 0.25) is 0 Å². The summed E-state index contributed by atoms with van der Waals surface area (Å²) in [6.45, 7) is 8.82. The van der Waals surface area contributed by atoms with Gasteiger partial charge in [0, 0.05) is 6.04 Å². The van der Waals surface area contributed by atoms with Crippen LogP contribution in [0.15, 0.2) is 6.07 Å². The van der Waals surface area contributed by atoms with Crippen LogP contribution < -0.4 is 5.73 Å². The van der Waals surface area contributed by atoms with Crippen LogP contribution in [0.4, 0.5) is 0 Å². The van der Waals surface area contributed by atoms with Crippen molar-refractivity contribution in [3.8, 4) is 0 Å². The molecule has 0 spiro atoms. The first-order chi connectivity index (χ1) is 7.52. The van der Waals surface area contributed by atoms with E-state index in [1.807, 2.05) is 0 Å². The molecule has 1 nitrogen and oxygen atoms in total. The molecule has 2 rings (SSSR count). The minimum absolute atomic E-state index is 0.257. The Morgan fingerprint density at radius 2 is 1.56 bits per heavy atom. The molecule has 88 valence electrons. The molecule has 1 atom stereocenters. The van der Waals surface area contributed by atoms with E-state index in [-0.39, 0.29) is 6.04 Å². The molecule has 0 heterocycles. The van der Waals surface area contributed by atoms with Gasteiger partial charge in [-0.25, -0.2) is 0 Å². The Labute approximate surface area is 99.0 Å².